The van der Waals surface area contributed by atoms with Gasteiger partial charge in [-0.3, -0.25) is 4.79 Å². The number of amides is 1. The Bertz CT molecular complexity index is 1490. The number of nitrogens with zero attached hydrogens (tertiary/aromatic N) is 2. The van der Waals surface area contributed by atoms with E-state index in [1.54, 1.807) is 6.07 Å². The first-order valence-electron chi connectivity index (χ1n) is 12.8. The van der Waals surface area contributed by atoms with Gasteiger partial charge in [0.25, 0.3) is 5.91 Å². The fourth-order valence-electron chi connectivity index (χ4n) is 5.16. The van der Waals surface area contributed by atoms with Gasteiger partial charge in [0.2, 0.25) is 0 Å². The lowest BCUT2D eigenvalue weighted by atomic mass is 9.90. The minimum Gasteiger partial charge on any atom is -0.382 e. The Balaban J connectivity index is 1.25. The Morgan fingerprint density at radius 1 is 1.05 bits per heavy atom. The predicted octanol–water partition coefficient (Wildman–Crippen LogP) is 7.20. The number of fused-ring (bicyclic) bond motifs is 2. The second-order valence-corrected chi connectivity index (χ2v) is 10.4. The van der Waals surface area contributed by atoms with Gasteiger partial charge in [-0.2, -0.15) is 13.2 Å². The number of H-pyrrole nitrogens is 1. The first-order valence-corrected chi connectivity index (χ1v) is 13.2. The Morgan fingerprint density at radius 2 is 1.79 bits per heavy atom. The average Bonchev–Trinajstić information content (AvgIpc) is 3.28. The molecule has 1 amide bonds. The number of nitrogens with one attached hydrogen (secondary N) is 3. The largest absolute Gasteiger partial charge is 0.433 e. The summed E-state index contributed by atoms with van der Waals surface area (Å²) in [5.41, 5.74) is 2.94. The maximum Gasteiger partial charge on any atom is 0.433 e. The predicted molar refractivity (Wildman–Crippen MR) is 144 cm³/mol. The van der Waals surface area contributed by atoms with Crippen LogP contribution in [-0.2, 0) is 12.6 Å². The number of carbonyl (C=O) groups excluding carboxylic acids is 1. The van der Waals surface area contributed by atoms with E-state index in [1.165, 1.54) is 12.1 Å². The molecule has 2 aromatic carbocycles. The lowest BCUT2D eigenvalue weighted by Crippen LogP contribution is -2.40. The molecule has 0 saturated heterocycles. The smallest absolute Gasteiger partial charge is 0.382 e. The molecule has 10 heteroatoms. The second-order valence-electron chi connectivity index (χ2n) is 10.0. The Kier molecular flexibility index (Phi) is 7.22. The summed E-state index contributed by atoms with van der Waals surface area (Å²) in [6, 6.07) is 9.35. The number of benzene rings is 2. The topological polar surface area (TPSA) is 82.7 Å². The average molecular weight is 544 g/mol. The molecule has 0 bridgehead atoms. The van der Waals surface area contributed by atoms with Crippen LogP contribution in [0, 0.1) is 6.92 Å². The molecule has 0 atom stereocenters. The van der Waals surface area contributed by atoms with Crippen molar-refractivity contribution in [2.75, 3.05) is 5.32 Å². The van der Waals surface area contributed by atoms with E-state index >= 15 is 0 Å². The van der Waals surface area contributed by atoms with Crippen LogP contribution in [0.15, 0.2) is 36.4 Å². The quantitative estimate of drug-likeness (QED) is 0.240. The molecule has 3 N–H and O–H groups in total. The number of pyridine rings is 1. The summed E-state index contributed by atoms with van der Waals surface area (Å²) in [7, 11) is 0. The SMILES string of the molecule is CCCc1nc2cc(C(=O)NC3CCC(Nc4cc(C(F)(F)F)nc5ccc(Cl)cc45)CC3)cc(C)c2[nH]1. The number of anilines is 1. The maximum atomic E-state index is 13.5. The van der Waals surface area contributed by atoms with Gasteiger partial charge in [0.05, 0.1) is 16.6 Å². The van der Waals surface area contributed by atoms with Crippen LogP contribution in [0.4, 0.5) is 18.9 Å². The molecule has 6 nitrogen and oxygen atoms in total. The van der Waals surface area contributed by atoms with Crippen molar-refractivity contribution in [1.82, 2.24) is 20.3 Å². The molecule has 0 spiro atoms. The summed E-state index contributed by atoms with van der Waals surface area (Å²) in [5, 5.41) is 7.39. The van der Waals surface area contributed by atoms with E-state index in [0.29, 0.717) is 47.3 Å². The summed E-state index contributed by atoms with van der Waals surface area (Å²) in [4.78, 5) is 24.8. The van der Waals surface area contributed by atoms with Gasteiger partial charge in [0, 0.05) is 40.2 Å². The molecule has 1 saturated carbocycles. The molecular weight excluding hydrogens is 515 g/mol. The van der Waals surface area contributed by atoms with Gasteiger partial charge < -0.3 is 15.6 Å². The van der Waals surface area contributed by atoms with E-state index in [9.17, 15) is 18.0 Å². The molecule has 1 aliphatic rings. The van der Waals surface area contributed by atoms with Gasteiger partial charge in [0.15, 0.2) is 0 Å². The van der Waals surface area contributed by atoms with Crippen LogP contribution in [0.3, 0.4) is 0 Å². The second kappa shape index (κ2) is 10.4. The zero-order valence-electron chi connectivity index (χ0n) is 21.2. The van der Waals surface area contributed by atoms with Crippen molar-refractivity contribution < 1.29 is 18.0 Å². The normalized spacial score (nSPS) is 18.2. The summed E-state index contributed by atoms with van der Waals surface area (Å²) in [5.74, 6) is 0.775. The highest BCUT2D eigenvalue weighted by molar-refractivity contribution is 6.31. The molecular formula is C28H29ClF3N5O. The van der Waals surface area contributed by atoms with E-state index < -0.39 is 11.9 Å². The fraction of sp³-hybridized carbons (Fsp3) is 0.393. The van der Waals surface area contributed by atoms with E-state index in [2.05, 4.69) is 32.5 Å². The van der Waals surface area contributed by atoms with Crippen molar-refractivity contribution in [2.24, 2.45) is 0 Å². The minimum atomic E-state index is -4.55. The van der Waals surface area contributed by atoms with Crippen LogP contribution in [0.2, 0.25) is 5.02 Å². The van der Waals surface area contributed by atoms with Gasteiger partial charge in [-0.1, -0.05) is 18.5 Å². The van der Waals surface area contributed by atoms with Crippen LogP contribution in [-0.4, -0.2) is 32.9 Å². The van der Waals surface area contributed by atoms with Crippen molar-refractivity contribution in [3.05, 3.63) is 64.1 Å². The molecule has 2 aromatic heterocycles. The van der Waals surface area contributed by atoms with Crippen LogP contribution >= 0.6 is 11.6 Å². The number of halogens is 4. The summed E-state index contributed by atoms with van der Waals surface area (Å²) < 4.78 is 40.4. The van der Waals surface area contributed by atoms with Crippen molar-refractivity contribution in [3.63, 3.8) is 0 Å². The van der Waals surface area contributed by atoms with Gasteiger partial charge in [-0.05, 0) is 81.0 Å². The third-order valence-corrected chi connectivity index (χ3v) is 7.31. The lowest BCUT2D eigenvalue weighted by Gasteiger charge is -2.31. The van der Waals surface area contributed by atoms with E-state index in [-0.39, 0.29) is 23.5 Å². The number of imidazole rings is 1. The molecule has 0 aliphatic heterocycles. The van der Waals surface area contributed by atoms with Crippen molar-refractivity contribution in [3.8, 4) is 0 Å². The van der Waals surface area contributed by atoms with Crippen LogP contribution in [0.25, 0.3) is 21.9 Å². The molecule has 2 heterocycles. The van der Waals surface area contributed by atoms with Gasteiger partial charge >= 0.3 is 6.18 Å². The maximum absolute atomic E-state index is 13.5. The highest BCUT2D eigenvalue weighted by Crippen LogP contribution is 2.35. The summed E-state index contributed by atoms with van der Waals surface area (Å²) in [6.07, 6.45) is 0.113. The minimum absolute atomic E-state index is 0.0132. The van der Waals surface area contributed by atoms with Crippen LogP contribution in [0.1, 0.15) is 66.5 Å². The molecule has 0 unspecified atom stereocenters. The third-order valence-electron chi connectivity index (χ3n) is 7.07. The van der Waals surface area contributed by atoms with Gasteiger partial charge in [0.1, 0.15) is 11.5 Å². The number of aryl methyl sites for hydroxylation is 2. The monoisotopic (exact) mass is 543 g/mol. The third kappa shape index (κ3) is 5.57. The first-order chi connectivity index (χ1) is 18.1. The van der Waals surface area contributed by atoms with Gasteiger partial charge in [-0.25, -0.2) is 9.97 Å². The zero-order chi connectivity index (χ0) is 27.0. The molecule has 1 fully saturated rings. The number of hydrogen-bond acceptors (Lipinski definition) is 4. The van der Waals surface area contributed by atoms with E-state index in [1.807, 2.05) is 19.1 Å². The molecule has 5 rings (SSSR count). The van der Waals surface area contributed by atoms with Gasteiger partial charge in [-0.15, -0.1) is 0 Å². The van der Waals surface area contributed by atoms with E-state index in [0.717, 1.165) is 41.3 Å². The number of carbonyl (C=O) groups is 1. The molecule has 0 radical (unpaired) electrons. The highest BCUT2D eigenvalue weighted by Gasteiger charge is 2.34. The number of hydrogen-bond donors (Lipinski definition) is 3. The number of alkyl halides is 3. The van der Waals surface area contributed by atoms with Crippen molar-refractivity contribution in [1.29, 1.82) is 0 Å². The summed E-state index contributed by atoms with van der Waals surface area (Å²) >= 11 is 6.11. The molecule has 1 aliphatic carbocycles. The Morgan fingerprint density at radius 3 is 2.50 bits per heavy atom. The zero-order valence-corrected chi connectivity index (χ0v) is 21.9. The fourth-order valence-corrected chi connectivity index (χ4v) is 5.33. The molecule has 38 heavy (non-hydrogen) atoms. The van der Waals surface area contributed by atoms with Crippen molar-refractivity contribution >= 4 is 45.1 Å². The highest BCUT2D eigenvalue weighted by atomic mass is 35.5. The molecule has 4 aromatic rings. The first kappa shape index (κ1) is 26.3. The lowest BCUT2D eigenvalue weighted by molar-refractivity contribution is -0.140. The molecule has 200 valence electrons. The Labute approximate surface area is 223 Å². The standard InChI is InChI=1S/C28H29ClF3N5O/c1-3-4-25-36-23-12-16(11-15(2)26(23)37-25)27(38)34-19-8-6-18(7-9-19)33-22-14-24(28(30,31)32)35-21-10-5-17(29)13-20(21)22/h5,10-14,18-19H,3-4,6-9H2,1-2H3,(H,33,35)(H,34,38)(H,36,37). The number of rotatable bonds is 6. The van der Waals surface area contributed by atoms with E-state index in [4.69, 9.17) is 11.6 Å². The van der Waals surface area contributed by atoms with Crippen molar-refractivity contribution in [2.45, 2.75) is 70.6 Å². The van der Waals surface area contributed by atoms with Crippen LogP contribution in [0.5, 0.6) is 0 Å². The Hall–Kier alpha value is -3.33. The van der Waals surface area contributed by atoms with Crippen LogP contribution < -0.4 is 10.6 Å². The number of aromatic amines is 1. The number of aromatic nitrogens is 3. The summed E-state index contributed by atoms with van der Waals surface area (Å²) in [6.45, 7) is 4.06.